The van der Waals surface area contributed by atoms with Crippen molar-refractivity contribution in [1.29, 1.82) is 0 Å². The number of anilines is 2. The summed E-state index contributed by atoms with van der Waals surface area (Å²) in [4.78, 5) is 14.7. The van der Waals surface area contributed by atoms with Gasteiger partial charge in [0.05, 0.1) is 18.7 Å². The molecule has 0 saturated carbocycles. The number of nitrogens with zero attached hydrogens (tertiary/aromatic N) is 4. The van der Waals surface area contributed by atoms with Crippen LogP contribution in [0.3, 0.4) is 0 Å². The van der Waals surface area contributed by atoms with Crippen LogP contribution in [-0.2, 0) is 11.8 Å². The first kappa shape index (κ1) is 15.6. The molecule has 1 aromatic heterocycles. The highest BCUT2D eigenvalue weighted by atomic mass is 16.5. The Balaban J connectivity index is 1.47. The van der Waals surface area contributed by atoms with Crippen molar-refractivity contribution >= 4 is 28.3 Å². The van der Waals surface area contributed by atoms with Gasteiger partial charge in [-0.15, -0.1) is 5.10 Å². The van der Waals surface area contributed by atoms with Crippen LogP contribution in [0.2, 0.25) is 0 Å². The van der Waals surface area contributed by atoms with Gasteiger partial charge in [-0.2, -0.15) is 0 Å². The molecule has 1 amide bonds. The molecule has 0 unspecified atom stereocenters. The summed E-state index contributed by atoms with van der Waals surface area (Å²) in [7, 11) is 1.82. The second-order valence-corrected chi connectivity index (χ2v) is 6.02. The predicted octanol–water partition coefficient (Wildman–Crippen LogP) is 2.06. The highest BCUT2D eigenvalue weighted by Gasteiger charge is 2.12. The van der Waals surface area contributed by atoms with Crippen LogP contribution in [0.5, 0.6) is 0 Å². The number of hydrogen-bond acceptors (Lipinski definition) is 5. The van der Waals surface area contributed by atoms with Crippen molar-refractivity contribution in [3.63, 3.8) is 0 Å². The monoisotopic (exact) mass is 337 g/mol. The zero-order chi connectivity index (χ0) is 17.2. The third kappa shape index (κ3) is 3.18. The molecular formula is C18H19N5O2. The van der Waals surface area contributed by atoms with Crippen LogP contribution in [0, 0.1) is 0 Å². The Morgan fingerprint density at radius 3 is 2.64 bits per heavy atom. The summed E-state index contributed by atoms with van der Waals surface area (Å²) in [5.41, 5.74) is 4.07. The maximum atomic E-state index is 12.5. The number of aryl methyl sites for hydroxylation is 1. The van der Waals surface area contributed by atoms with Crippen molar-refractivity contribution in [3.05, 3.63) is 48.0 Å². The van der Waals surface area contributed by atoms with E-state index in [1.54, 1.807) is 16.8 Å². The number of hydrogen-bond donors (Lipinski definition) is 1. The summed E-state index contributed by atoms with van der Waals surface area (Å²) in [5.74, 6) is -0.160. The quantitative estimate of drug-likeness (QED) is 0.792. The lowest BCUT2D eigenvalue weighted by Crippen LogP contribution is -2.36. The molecule has 4 rings (SSSR count). The van der Waals surface area contributed by atoms with Crippen LogP contribution in [0.25, 0.3) is 11.0 Å². The van der Waals surface area contributed by atoms with Gasteiger partial charge in [-0.3, -0.25) is 4.79 Å². The number of aromatic nitrogens is 3. The maximum Gasteiger partial charge on any atom is 0.255 e. The first-order chi connectivity index (χ1) is 12.2. The fourth-order valence-corrected chi connectivity index (χ4v) is 2.96. The summed E-state index contributed by atoms with van der Waals surface area (Å²) in [5, 5.41) is 10.9. The van der Waals surface area contributed by atoms with Crippen molar-refractivity contribution in [2.45, 2.75) is 0 Å². The number of nitrogens with one attached hydrogen (secondary N) is 1. The van der Waals surface area contributed by atoms with Crippen LogP contribution >= 0.6 is 0 Å². The molecule has 1 N–H and O–H groups in total. The third-order valence-electron chi connectivity index (χ3n) is 4.37. The normalized spacial score (nSPS) is 14.7. The first-order valence-corrected chi connectivity index (χ1v) is 8.24. The number of fused-ring (bicyclic) bond motifs is 1. The van der Waals surface area contributed by atoms with Gasteiger partial charge in [-0.1, -0.05) is 5.21 Å². The first-order valence-electron chi connectivity index (χ1n) is 8.24. The Bertz CT molecular complexity index is 897. The standard InChI is InChI=1S/C18H19N5O2/c1-22-17-7-2-13(12-16(17)20-21-22)18(24)19-14-3-5-15(6-4-14)23-8-10-25-11-9-23/h2-7,12H,8-11H2,1H3,(H,19,24). The van der Waals surface area contributed by atoms with Gasteiger partial charge >= 0.3 is 0 Å². The van der Waals surface area contributed by atoms with Gasteiger partial charge in [0, 0.05) is 37.1 Å². The number of carbonyl (C=O) groups is 1. The largest absolute Gasteiger partial charge is 0.378 e. The molecule has 1 fully saturated rings. The maximum absolute atomic E-state index is 12.5. The summed E-state index contributed by atoms with van der Waals surface area (Å²) in [6, 6.07) is 13.3. The fraction of sp³-hybridized carbons (Fsp3) is 0.278. The van der Waals surface area contributed by atoms with Crippen LogP contribution in [0.4, 0.5) is 11.4 Å². The molecule has 2 aromatic carbocycles. The fourth-order valence-electron chi connectivity index (χ4n) is 2.96. The lowest BCUT2D eigenvalue weighted by Gasteiger charge is -2.28. The van der Waals surface area contributed by atoms with E-state index in [9.17, 15) is 4.79 Å². The molecule has 1 aliphatic rings. The molecule has 0 atom stereocenters. The second-order valence-electron chi connectivity index (χ2n) is 6.02. The second kappa shape index (κ2) is 6.52. The average Bonchev–Trinajstić information content (AvgIpc) is 3.03. The van der Waals surface area contributed by atoms with Crippen molar-refractivity contribution in [2.24, 2.45) is 7.05 Å². The van der Waals surface area contributed by atoms with Crippen molar-refractivity contribution in [1.82, 2.24) is 15.0 Å². The van der Waals surface area contributed by atoms with E-state index in [0.29, 0.717) is 11.1 Å². The van der Waals surface area contributed by atoms with Gasteiger partial charge in [0.25, 0.3) is 5.91 Å². The number of ether oxygens (including phenoxy) is 1. The average molecular weight is 337 g/mol. The van der Waals surface area contributed by atoms with Crippen LogP contribution < -0.4 is 10.2 Å². The highest BCUT2D eigenvalue weighted by Crippen LogP contribution is 2.20. The molecule has 7 nitrogen and oxygen atoms in total. The molecule has 0 radical (unpaired) electrons. The van der Waals surface area contributed by atoms with Crippen LogP contribution in [-0.4, -0.2) is 47.2 Å². The zero-order valence-electron chi connectivity index (χ0n) is 14.0. The number of carbonyl (C=O) groups excluding carboxylic acids is 1. The molecule has 0 spiro atoms. The Kier molecular flexibility index (Phi) is 4.07. The minimum Gasteiger partial charge on any atom is -0.378 e. The van der Waals surface area contributed by atoms with E-state index in [4.69, 9.17) is 4.74 Å². The van der Waals surface area contributed by atoms with Gasteiger partial charge in [0.2, 0.25) is 0 Å². The Hall–Kier alpha value is -2.93. The minimum atomic E-state index is -0.160. The number of amides is 1. The smallest absolute Gasteiger partial charge is 0.255 e. The molecule has 0 bridgehead atoms. The Morgan fingerprint density at radius 2 is 1.88 bits per heavy atom. The SMILES string of the molecule is Cn1nnc2cc(C(=O)Nc3ccc(N4CCOCC4)cc3)ccc21. The van der Waals surface area contributed by atoms with Gasteiger partial charge < -0.3 is 15.0 Å². The van der Waals surface area contributed by atoms with Crippen molar-refractivity contribution in [2.75, 3.05) is 36.5 Å². The number of benzene rings is 2. The van der Waals surface area contributed by atoms with Crippen LogP contribution in [0.1, 0.15) is 10.4 Å². The summed E-state index contributed by atoms with van der Waals surface area (Å²) in [6.45, 7) is 3.29. The van der Waals surface area contributed by atoms with E-state index in [1.807, 2.05) is 37.4 Å². The highest BCUT2D eigenvalue weighted by molar-refractivity contribution is 6.05. The summed E-state index contributed by atoms with van der Waals surface area (Å²) in [6.07, 6.45) is 0. The lowest BCUT2D eigenvalue weighted by atomic mass is 10.1. The molecule has 128 valence electrons. The predicted molar refractivity (Wildman–Crippen MR) is 95.9 cm³/mol. The van der Waals surface area contributed by atoms with Gasteiger partial charge in [-0.05, 0) is 42.5 Å². The zero-order valence-corrected chi connectivity index (χ0v) is 14.0. The van der Waals surface area contributed by atoms with Gasteiger partial charge in [0.1, 0.15) is 5.52 Å². The summed E-state index contributed by atoms with van der Waals surface area (Å²) < 4.78 is 7.05. The topological polar surface area (TPSA) is 72.3 Å². The number of rotatable bonds is 3. The molecule has 1 saturated heterocycles. The van der Waals surface area contributed by atoms with E-state index in [1.165, 1.54) is 0 Å². The molecular weight excluding hydrogens is 318 g/mol. The van der Waals surface area contributed by atoms with E-state index < -0.39 is 0 Å². The van der Waals surface area contributed by atoms with Gasteiger partial charge in [-0.25, -0.2) is 4.68 Å². The van der Waals surface area contributed by atoms with Crippen LogP contribution in [0.15, 0.2) is 42.5 Å². The van der Waals surface area contributed by atoms with E-state index in [2.05, 4.69) is 20.5 Å². The molecule has 1 aliphatic heterocycles. The summed E-state index contributed by atoms with van der Waals surface area (Å²) >= 11 is 0. The molecule has 3 aromatic rings. The van der Waals surface area contributed by atoms with Gasteiger partial charge in [0.15, 0.2) is 0 Å². The molecule has 2 heterocycles. The third-order valence-corrected chi connectivity index (χ3v) is 4.37. The van der Waals surface area contributed by atoms with Crippen molar-refractivity contribution in [3.8, 4) is 0 Å². The molecule has 25 heavy (non-hydrogen) atoms. The molecule has 0 aliphatic carbocycles. The molecule has 7 heteroatoms. The Labute approximate surface area is 145 Å². The van der Waals surface area contributed by atoms with E-state index in [-0.39, 0.29) is 5.91 Å². The van der Waals surface area contributed by atoms with E-state index >= 15 is 0 Å². The lowest BCUT2D eigenvalue weighted by molar-refractivity contribution is 0.102. The Morgan fingerprint density at radius 1 is 1.12 bits per heavy atom. The minimum absolute atomic E-state index is 0.160. The number of morpholine rings is 1. The van der Waals surface area contributed by atoms with E-state index in [0.717, 1.165) is 43.2 Å². The van der Waals surface area contributed by atoms with Crippen molar-refractivity contribution < 1.29 is 9.53 Å².